The smallest absolute Gasteiger partial charge is 0.227 e. The lowest BCUT2D eigenvalue weighted by Crippen LogP contribution is -2.32. The zero-order valence-electron chi connectivity index (χ0n) is 10.8. The van der Waals surface area contributed by atoms with Crippen molar-refractivity contribution in [2.75, 3.05) is 11.4 Å². The van der Waals surface area contributed by atoms with Gasteiger partial charge in [-0.1, -0.05) is 13.8 Å². The number of ketones is 1. The molecule has 2 aliphatic heterocycles. The molecule has 2 heterocycles. The highest BCUT2D eigenvalue weighted by atomic mass is 16.2. The van der Waals surface area contributed by atoms with Crippen LogP contribution in [0, 0.1) is 5.92 Å². The van der Waals surface area contributed by atoms with E-state index in [2.05, 4.69) is 0 Å². The van der Waals surface area contributed by atoms with E-state index in [-0.39, 0.29) is 17.6 Å². The lowest BCUT2D eigenvalue weighted by Gasteiger charge is -2.25. The van der Waals surface area contributed by atoms with Crippen LogP contribution in [0.2, 0.25) is 0 Å². The van der Waals surface area contributed by atoms with Crippen molar-refractivity contribution >= 4 is 17.4 Å². The third-order valence-corrected chi connectivity index (χ3v) is 3.86. The average Bonchev–Trinajstić information content (AvgIpc) is 2.78. The third kappa shape index (κ3) is 1.57. The maximum atomic E-state index is 12.1. The van der Waals surface area contributed by atoms with Crippen LogP contribution >= 0.6 is 0 Å². The van der Waals surface area contributed by atoms with E-state index in [4.69, 9.17) is 0 Å². The van der Waals surface area contributed by atoms with Crippen LogP contribution in [0.3, 0.4) is 0 Å². The molecule has 0 bridgehead atoms. The summed E-state index contributed by atoms with van der Waals surface area (Å²) in [4.78, 5) is 25.8. The van der Waals surface area contributed by atoms with E-state index < -0.39 is 0 Å². The first kappa shape index (κ1) is 11.5. The second-order valence-corrected chi connectivity index (χ2v) is 5.46. The predicted molar refractivity (Wildman–Crippen MR) is 70.0 cm³/mol. The zero-order valence-corrected chi connectivity index (χ0v) is 10.8. The van der Waals surface area contributed by atoms with Crippen molar-refractivity contribution in [3.63, 3.8) is 0 Å². The molecule has 1 aromatic rings. The van der Waals surface area contributed by atoms with Gasteiger partial charge in [0.25, 0.3) is 0 Å². The van der Waals surface area contributed by atoms with Gasteiger partial charge >= 0.3 is 0 Å². The normalized spacial score (nSPS) is 17.3. The van der Waals surface area contributed by atoms with Crippen LogP contribution in [0.5, 0.6) is 0 Å². The molecular formula is C15H17NO2. The first-order valence-corrected chi connectivity index (χ1v) is 6.58. The van der Waals surface area contributed by atoms with Gasteiger partial charge in [-0.2, -0.15) is 0 Å². The standard InChI is InChI=1S/C15H17NO2/c1-9(2)15(18)12-7-10-3-4-13(17)16-6-5-11(8-12)14(10)16/h7-9H,3-6H2,1-2H3. The number of nitrogens with zero attached hydrogens (tertiary/aromatic N) is 1. The van der Waals surface area contributed by atoms with Gasteiger partial charge < -0.3 is 4.90 Å². The summed E-state index contributed by atoms with van der Waals surface area (Å²) in [5, 5.41) is 0. The van der Waals surface area contributed by atoms with Gasteiger partial charge in [0.05, 0.1) is 5.69 Å². The molecule has 1 aromatic carbocycles. The van der Waals surface area contributed by atoms with E-state index in [1.807, 2.05) is 30.9 Å². The van der Waals surface area contributed by atoms with E-state index in [1.54, 1.807) is 0 Å². The molecule has 0 saturated heterocycles. The topological polar surface area (TPSA) is 37.4 Å². The van der Waals surface area contributed by atoms with Crippen molar-refractivity contribution in [3.05, 3.63) is 28.8 Å². The van der Waals surface area contributed by atoms with Crippen LogP contribution in [-0.4, -0.2) is 18.2 Å². The van der Waals surface area contributed by atoms with E-state index in [0.29, 0.717) is 6.42 Å². The van der Waals surface area contributed by atoms with Gasteiger partial charge in [-0.15, -0.1) is 0 Å². The Bertz CT molecular complexity index is 546. The molecule has 0 aliphatic carbocycles. The van der Waals surface area contributed by atoms with Crippen molar-refractivity contribution in [2.24, 2.45) is 5.92 Å². The first-order chi connectivity index (χ1) is 8.58. The molecule has 0 spiro atoms. The Hall–Kier alpha value is -1.64. The van der Waals surface area contributed by atoms with Crippen LogP contribution in [0.25, 0.3) is 0 Å². The molecule has 3 heteroatoms. The number of Topliss-reactive ketones (excluding diaryl/α,β-unsaturated/α-hetero) is 1. The SMILES string of the molecule is CC(C)C(=O)c1cc2c3c(c1)CCN3C(=O)CC2. The minimum atomic E-state index is 0.0259. The van der Waals surface area contributed by atoms with Crippen LogP contribution in [0.15, 0.2) is 12.1 Å². The molecule has 94 valence electrons. The fourth-order valence-corrected chi connectivity index (χ4v) is 2.93. The monoisotopic (exact) mass is 243 g/mol. The van der Waals surface area contributed by atoms with Gasteiger partial charge in [-0.3, -0.25) is 9.59 Å². The summed E-state index contributed by atoms with van der Waals surface area (Å²) < 4.78 is 0. The number of amides is 1. The van der Waals surface area contributed by atoms with Crippen molar-refractivity contribution in [2.45, 2.75) is 33.1 Å². The van der Waals surface area contributed by atoms with Crippen molar-refractivity contribution in [1.82, 2.24) is 0 Å². The summed E-state index contributed by atoms with van der Waals surface area (Å²) in [5.41, 5.74) is 4.25. The number of carbonyl (C=O) groups is 2. The number of rotatable bonds is 2. The summed E-state index contributed by atoms with van der Waals surface area (Å²) in [6.45, 7) is 4.63. The molecule has 18 heavy (non-hydrogen) atoms. The van der Waals surface area contributed by atoms with E-state index in [1.165, 1.54) is 11.1 Å². The Morgan fingerprint density at radius 1 is 1.17 bits per heavy atom. The molecule has 1 amide bonds. The summed E-state index contributed by atoms with van der Waals surface area (Å²) in [6, 6.07) is 3.98. The van der Waals surface area contributed by atoms with E-state index >= 15 is 0 Å². The van der Waals surface area contributed by atoms with Crippen molar-refractivity contribution in [3.8, 4) is 0 Å². The van der Waals surface area contributed by atoms with Gasteiger partial charge in [0.2, 0.25) is 5.91 Å². The summed E-state index contributed by atoms with van der Waals surface area (Å²) in [5.74, 6) is 0.451. The molecule has 3 nitrogen and oxygen atoms in total. The number of anilines is 1. The molecule has 2 aliphatic rings. The molecule has 0 aromatic heterocycles. The van der Waals surface area contributed by atoms with Crippen molar-refractivity contribution < 1.29 is 9.59 Å². The molecule has 0 radical (unpaired) electrons. The second kappa shape index (κ2) is 3.94. The highest BCUT2D eigenvalue weighted by molar-refractivity contribution is 6.02. The Kier molecular flexibility index (Phi) is 2.51. The molecule has 0 atom stereocenters. The Morgan fingerprint density at radius 2 is 1.83 bits per heavy atom. The van der Waals surface area contributed by atoms with Crippen LogP contribution in [0.1, 0.15) is 41.8 Å². The third-order valence-electron chi connectivity index (χ3n) is 3.86. The Labute approximate surface area is 107 Å². The Morgan fingerprint density at radius 3 is 2.50 bits per heavy atom. The summed E-state index contributed by atoms with van der Waals surface area (Å²) in [6.07, 6.45) is 2.23. The lowest BCUT2D eigenvalue weighted by molar-refractivity contribution is -0.118. The molecule has 0 saturated carbocycles. The Balaban J connectivity index is 2.10. The fourth-order valence-electron chi connectivity index (χ4n) is 2.93. The molecule has 0 N–H and O–H groups in total. The van der Waals surface area contributed by atoms with Crippen molar-refractivity contribution in [1.29, 1.82) is 0 Å². The minimum Gasteiger partial charge on any atom is -0.312 e. The predicted octanol–water partition coefficient (Wildman–Crippen LogP) is 2.36. The van der Waals surface area contributed by atoms with Crippen LogP contribution in [-0.2, 0) is 17.6 Å². The summed E-state index contributed by atoms with van der Waals surface area (Å²) in [7, 11) is 0. The van der Waals surface area contributed by atoms with Gasteiger partial charge in [0.15, 0.2) is 5.78 Å². The van der Waals surface area contributed by atoms with Gasteiger partial charge in [-0.25, -0.2) is 0 Å². The highest BCUT2D eigenvalue weighted by Crippen LogP contribution is 2.37. The number of benzene rings is 1. The van der Waals surface area contributed by atoms with Gasteiger partial charge in [0.1, 0.15) is 0 Å². The van der Waals surface area contributed by atoms with E-state index in [9.17, 15) is 9.59 Å². The quantitative estimate of drug-likeness (QED) is 0.748. The number of hydrogen-bond acceptors (Lipinski definition) is 2. The molecule has 3 rings (SSSR count). The maximum absolute atomic E-state index is 12.1. The maximum Gasteiger partial charge on any atom is 0.227 e. The first-order valence-electron chi connectivity index (χ1n) is 6.58. The zero-order chi connectivity index (χ0) is 12.9. The molecular weight excluding hydrogens is 226 g/mol. The number of carbonyl (C=O) groups excluding carboxylic acids is 2. The number of hydrogen-bond donors (Lipinski definition) is 0. The van der Waals surface area contributed by atoms with Crippen LogP contribution in [0.4, 0.5) is 5.69 Å². The average molecular weight is 243 g/mol. The fraction of sp³-hybridized carbons (Fsp3) is 0.467. The molecule has 0 unspecified atom stereocenters. The minimum absolute atomic E-state index is 0.0259. The number of aryl methyl sites for hydroxylation is 1. The lowest BCUT2D eigenvalue weighted by atomic mass is 9.92. The van der Waals surface area contributed by atoms with Gasteiger partial charge in [0, 0.05) is 24.4 Å². The molecule has 0 fully saturated rings. The van der Waals surface area contributed by atoms with Crippen LogP contribution < -0.4 is 4.90 Å². The second-order valence-electron chi connectivity index (χ2n) is 5.46. The largest absolute Gasteiger partial charge is 0.312 e. The van der Waals surface area contributed by atoms with Gasteiger partial charge in [-0.05, 0) is 36.1 Å². The summed E-state index contributed by atoms with van der Waals surface area (Å²) >= 11 is 0. The van der Waals surface area contributed by atoms with E-state index in [0.717, 1.165) is 30.6 Å². The highest BCUT2D eigenvalue weighted by Gasteiger charge is 2.32.